The van der Waals surface area contributed by atoms with Gasteiger partial charge in [0.05, 0.1) is 10.4 Å². The Morgan fingerprint density at radius 2 is 1.46 bits per heavy atom. The number of nitrogens with zero attached hydrogens (tertiary/aromatic N) is 2. The number of unbranched alkanes of at least 4 members (excludes halogenated alkanes) is 2. The minimum absolute atomic E-state index is 0.124. The first-order valence-electron chi connectivity index (χ1n) is 16.7. The number of allylic oxidation sites excluding steroid dienone is 4. The van der Waals surface area contributed by atoms with Crippen LogP contribution >= 0.6 is 0 Å². The van der Waals surface area contributed by atoms with Gasteiger partial charge >= 0.3 is 0 Å². The Kier molecular flexibility index (Phi) is 8.32. The highest BCUT2D eigenvalue weighted by Crippen LogP contribution is 2.34. The van der Waals surface area contributed by atoms with Crippen molar-refractivity contribution in [3.05, 3.63) is 167 Å². The monoisotopic (exact) mass is 632 g/mol. The zero-order chi connectivity index (χ0) is 33.4. The smallest absolute Gasteiger partial charge is 0.212 e. The van der Waals surface area contributed by atoms with Crippen LogP contribution in [0.15, 0.2) is 124 Å². The number of hydrogen-bond acceptors (Lipinski definition) is 5. The SMILES string of the molecule is CCCCN1/C(=C\C2=C([O-])C(=c3ccc(=c4c(=O)c(=Cc5ccc6ccccc6[n+]5CCCC)c4=O)cc3)C2=O)C=Cc2ccccc21. The number of aromatic nitrogens is 1. The summed E-state index contributed by atoms with van der Waals surface area (Å²) in [6.45, 7) is 5.84. The summed E-state index contributed by atoms with van der Waals surface area (Å²) in [6.07, 6.45) is 11.4. The number of fused-ring (bicyclic) bond motifs is 2. The van der Waals surface area contributed by atoms with Crippen LogP contribution in [0.5, 0.6) is 0 Å². The number of carbonyl (C=O) groups excluding carboxylic acids is 1. The highest BCUT2D eigenvalue weighted by Gasteiger charge is 2.28. The number of ketones is 1. The molecule has 4 aromatic carbocycles. The number of para-hydroxylation sites is 2. The van der Waals surface area contributed by atoms with E-state index in [-0.39, 0.29) is 44.0 Å². The van der Waals surface area contributed by atoms with Crippen LogP contribution in [-0.4, -0.2) is 12.3 Å². The number of Topliss-reactive ketones (excluding diaryl/α,β-unsaturated/α-hetero) is 1. The van der Waals surface area contributed by atoms with Gasteiger partial charge in [0.2, 0.25) is 22.1 Å². The molecule has 0 atom stereocenters. The predicted octanol–water partition coefficient (Wildman–Crippen LogP) is 4.20. The quantitative estimate of drug-likeness (QED) is 0.240. The maximum Gasteiger partial charge on any atom is 0.212 e. The maximum absolute atomic E-state index is 13.3. The molecule has 1 aliphatic carbocycles. The van der Waals surface area contributed by atoms with E-state index >= 15 is 0 Å². The van der Waals surface area contributed by atoms with Crippen molar-refractivity contribution in [3.63, 3.8) is 0 Å². The molecular weight excluding hydrogens is 596 g/mol. The van der Waals surface area contributed by atoms with Gasteiger partial charge in [-0.2, -0.15) is 4.57 Å². The first kappa shape index (κ1) is 31.0. The molecule has 0 unspecified atom stereocenters. The number of benzene rings is 3. The van der Waals surface area contributed by atoms with Crippen LogP contribution in [-0.2, 0) is 11.3 Å². The van der Waals surface area contributed by atoms with E-state index < -0.39 is 0 Å². The topological polar surface area (TPSA) is 81.4 Å². The molecule has 0 N–H and O–H groups in total. The van der Waals surface area contributed by atoms with E-state index in [0.717, 1.165) is 72.3 Å². The Morgan fingerprint density at radius 1 is 0.750 bits per heavy atom. The molecule has 1 aromatic heterocycles. The first-order valence-corrected chi connectivity index (χ1v) is 16.7. The van der Waals surface area contributed by atoms with Gasteiger partial charge in [-0.3, -0.25) is 14.4 Å². The molecular formula is C42H36N2O4. The van der Waals surface area contributed by atoms with Gasteiger partial charge in [0.15, 0.2) is 5.78 Å². The second-order valence-electron chi connectivity index (χ2n) is 12.4. The summed E-state index contributed by atoms with van der Waals surface area (Å²) in [4.78, 5) is 42.0. The Labute approximate surface area is 278 Å². The summed E-state index contributed by atoms with van der Waals surface area (Å²) in [5.41, 5.74) is 4.52. The molecule has 6 nitrogen and oxygen atoms in total. The van der Waals surface area contributed by atoms with Crippen molar-refractivity contribution in [3.8, 4) is 0 Å². The van der Waals surface area contributed by atoms with Gasteiger partial charge in [-0.1, -0.05) is 93.1 Å². The van der Waals surface area contributed by atoms with Crippen molar-refractivity contribution < 1.29 is 14.5 Å². The highest BCUT2D eigenvalue weighted by atomic mass is 16.3. The van der Waals surface area contributed by atoms with Gasteiger partial charge in [0.1, 0.15) is 6.54 Å². The summed E-state index contributed by atoms with van der Waals surface area (Å²) in [7, 11) is 0. The van der Waals surface area contributed by atoms with Gasteiger partial charge in [-0.05, 0) is 52.8 Å². The van der Waals surface area contributed by atoms with Crippen molar-refractivity contribution in [2.45, 2.75) is 46.1 Å². The van der Waals surface area contributed by atoms with Crippen LogP contribution in [0.25, 0.3) is 28.6 Å². The molecule has 0 radical (unpaired) electrons. The summed E-state index contributed by atoms with van der Waals surface area (Å²) < 4.78 is 2.16. The van der Waals surface area contributed by atoms with Crippen LogP contribution in [0.2, 0.25) is 0 Å². The van der Waals surface area contributed by atoms with E-state index in [4.69, 9.17) is 0 Å². The molecule has 238 valence electrons. The molecule has 2 heterocycles. The second kappa shape index (κ2) is 12.9. The molecule has 0 saturated heterocycles. The van der Waals surface area contributed by atoms with Crippen molar-refractivity contribution in [2.24, 2.45) is 0 Å². The molecule has 0 fully saturated rings. The average molecular weight is 633 g/mol. The standard InChI is InChI=1S/C42H36N2O4/c1-3-5-23-43-31(21-19-27-11-7-9-13-35(27)43)25-33-39(45)37(40(33)46)29-15-17-30(18-16-29)38-41(47)34(42(38)48)26-32-22-20-28-12-8-10-14-36(28)44(32)24-6-4-2/h7-22,25-26H,3-6,23-24H2,1-2H3/b31-25-. The van der Waals surface area contributed by atoms with E-state index in [0.29, 0.717) is 10.4 Å². The largest absolute Gasteiger partial charge is 0.871 e. The molecule has 1 aliphatic heterocycles. The highest BCUT2D eigenvalue weighted by molar-refractivity contribution is 6.37. The lowest BCUT2D eigenvalue weighted by Crippen LogP contribution is -2.51. The van der Waals surface area contributed by atoms with Crippen LogP contribution in [0, 0.1) is 10.4 Å². The summed E-state index contributed by atoms with van der Waals surface area (Å²) in [6, 6.07) is 26.7. The lowest BCUT2D eigenvalue weighted by atomic mass is 9.85. The van der Waals surface area contributed by atoms with Crippen LogP contribution in [0.1, 0.15) is 50.8 Å². The molecule has 0 saturated carbocycles. The number of anilines is 1. The maximum atomic E-state index is 13.3. The number of aryl methyl sites for hydroxylation is 1. The second-order valence-corrected chi connectivity index (χ2v) is 12.4. The van der Waals surface area contributed by atoms with Crippen molar-refractivity contribution >= 4 is 40.1 Å². The van der Waals surface area contributed by atoms with Crippen molar-refractivity contribution in [1.82, 2.24) is 0 Å². The third-order valence-electron chi connectivity index (χ3n) is 9.35. The Hall–Kier alpha value is -5.62. The number of carbonyl (C=O) groups is 1. The Balaban J connectivity index is 1.24. The van der Waals surface area contributed by atoms with Gasteiger partial charge < -0.3 is 10.0 Å². The van der Waals surface area contributed by atoms with E-state index in [9.17, 15) is 19.5 Å². The minimum Gasteiger partial charge on any atom is -0.871 e. The van der Waals surface area contributed by atoms with Crippen molar-refractivity contribution in [2.75, 3.05) is 11.4 Å². The van der Waals surface area contributed by atoms with Gasteiger partial charge in [0, 0.05) is 59.1 Å². The molecule has 0 bridgehead atoms. The normalized spacial score (nSPS) is 15.0. The Bertz CT molecular complexity index is 2460. The molecule has 2 aliphatic rings. The summed E-state index contributed by atoms with van der Waals surface area (Å²) in [5, 5.41) is 15.6. The number of hydrogen-bond donors (Lipinski definition) is 0. The lowest BCUT2D eigenvalue weighted by molar-refractivity contribution is -0.673. The summed E-state index contributed by atoms with van der Waals surface area (Å²) >= 11 is 0. The van der Waals surface area contributed by atoms with Gasteiger partial charge in [-0.25, -0.2) is 0 Å². The molecule has 7 rings (SSSR count). The molecule has 6 heteroatoms. The number of rotatable bonds is 8. The Morgan fingerprint density at radius 3 is 2.21 bits per heavy atom. The fourth-order valence-electron chi connectivity index (χ4n) is 6.65. The lowest BCUT2D eigenvalue weighted by Gasteiger charge is -2.33. The van der Waals surface area contributed by atoms with Gasteiger partial charge in [0.25, 0.3) is 0 Å². The van der Waals surface area contributed by atoms with Crippen LogP contribution < -0.4 is 35.9 Å². The van der Waals surface area contributed by atoms with Crippen LogP contribution in [0.4, 0.5) is 5.69 Å². The van der Waals surface area contributed by atoms with Crippen LogP contribution in [0.3, 0.4) is 0 Å². The number of pyridine rings is 1. The predicted molar refractivity (Wildman–Crippen MR) is 189 cm³/mol. The zero-order valence-corrected chi connectivity index (χ0v) is 27.2. The molecule has 48 heavy (non-hydrogen) atoms. The van der Waals surface area contributed by atoms with E-state index in [2.05, 4.69) is 47.6 Å². The zero-order valence-electron chi connectivity index (χ0n) is 27.2. The fraction of sp³-hybridized carbons (Fsp3) is 0.190. The van der Waals surface area contributed by atoms with E-state index in [1.54, 1.807) is 36.4 Å². The summed E-state index contributed by atoms with van der Waals surface area (Å²) in [5.74, 6) is -0.605. The fourth-order valence-corrected chi connectivity index (χ4v) is 6.65. The average Bonchev–Trinajstić information content (AvgIpc) is 3.12. The molecule has 0 amide bonds. The first-order chi connectivity index (χ1) is 23.4. The van der Waals surface area contributed by atoms with Crippen molar-refractivity contribution in [1.29, 1.82) is 0 Å². The van der Waals surface area contributed by atoms with E-state index in [1.807, 2.05) is 48.6 Å². The van der Waals surface area contributed by atoms with Gasteiger partial charge in [-0.15, -0.1) is 0 Å². The third kappa shape index (κ3) is 5.33. The third-order valence-corrected chi connectivity index (χ3v) is 9.35. The molecule has 0 spiro atoms. The molecule has 5 aromatic rings. The minimum atomic E-state index is -0.302. The van der Waals surface area contributed by atoms with E-state index in [1.165, 1.54) is 0 Å².